The zero-order valence-corrected chi connectivity index (χ0v) is 16.7. The summed E-state index contributed by atoms with van der Waals surface area (Å²) in [5, 5.41) is 0.714. The van der Waals surface area contributed by atoms with Crippen LogP contribution < -0.4 is 5.56 Å². The topological polar surface area (TPSA) is 55.2 Å². The lowest BCUT2D eigenvalue weighted by Gasteiger charge is -2.20. The number of rotatable bonds is 5. The number of likely N-dealkylation sites (N-methyl/N-ethyl adjacent to an activating group) is 1. The fourth-order valence-corrected chi connectivity index (χ4v) is 5.70. The quantitative estimate of drug-likeness (QED) is 0.647. The maximum atomic E-state index is 12.9. The number of halogens is 1. The molecule has 4 rings (SSSR count). The number of aromatic nitrogens is 2. The second-order valence-corrected chi connectivity index (χ2v) is 9.21. The van der Waals surface area contributed by atoms with Crippen LogP contribution >= 0.6 is 34.3 Å². The molecule has 8 heteroatoms. The molecule has 0 saturated carbocycles. The van der Waals surface area contributed by atoms with Gasteiger partial charge in [0.2, 0.25) is 5.91 Å². The summed E-state index contributed by atoms with van der Waals surface area (Å²) in [5.74, 6) is -0.0906. The molecule has 0 unspecified atom stereocenters. The van der Waals surface area contributed by atoms with Gasteiger partial charge in [-0.05, 0) is 43.9 Å². The molecule has 26 heavy (non-hydrogen) atoms. The second kappa shape index (κ2) is 7.13. The summed E-state index contributed by atoms with van der Waals surface area (Å²) in [4.78, 5) is 34.9. The van der Waals surface area contributed by atoms with Gasteiger partial charge in [-0.1, -0.05) is 11.6 Å². The van der Waals surface area contributed by atoms with E-state index in [4.69, 9.17) is 11.6 Å². The molecule has 0 fully saturated rings. The lowest BCUT2D eigenvalue weighted by atomic mass is 10.2. The number of aryl methyl sites for hydroxylation is 2. The van der Waals surface area contributed by atoms with E-state index in [1.807, 2.05) is 19.1 Å². The van der Waals surface area contributed by atoms with Crippen molar-refractivity contribution in [1.82, 2.24) is 14.5 Å². The molecule has 136 valence electrons. The molecule has 0 saturated heterocycles. The zero-order chi connectivity index (χ0) is 18.3. The number of amides is 1. The zero-order valence-electron chi connectivity index (χ0n) is 14.3. The lowest BCUT2D eigenvalue weighted by molar-refractivity contribution is -0.132. The molecule has 1 amide bonds. The first-order valence-electron chi connectivity index (χ1n) is 8.58. The summed E-state index contributed by atoms with van der Waals surface area (Å²) >= 11 is 9.05. The van der Waals surface area contributed by atoms with Gasteiger partial charge in [-0.2, -0.15) is 0 Å². The second-order valence-electron chi connectivity index (χ2n) is 6.33. The average molecular weight is 408 g/mol. The first-order valence-corrected chi connectivity index (χ1v) is 10.6. The van der Waals surface area contributed by atoms with E-state index in [1.54, 1.807) is 16.2 Å². The molecule has 0 aromatic carbocycles. The maximum absolute atomic E-state index is 12.9. The van der Waals surface area contributed by atoms with Crippen molar-refractivity contribution in [1.29, 1.82) is 0 Å². The van der Waals surface area contributed by atoms with E-state index in [1.165, 1.54) is 27.1 Å². The van der Waals surface area contributed by atoms with Gasteiger partial charge in [0, 0.05) is 16.3 Å². The highest BCUT2D eigenvalue weighted by Crippen LogP contribution is 2.34. The highest BCUT2D eigenvalue weighted by atomic mass is 35.5. The van der Waals surface area contributed by atoms with Crippen molar-refractivity contribution in [2.75, 3.05) is 6.54 Å². The Labute approximate surface area is 163 Å². The van der Waals surface area contributed by atoms with E-state index in [-0.39, 0.29) is 18.0 Å². The van der Waals surface area contributed by atoms with E-state index < -0.39 is 0 Å². The van der Waals surface area contributed by atoms with Gasteiger partial charge in [0.05, 0.1) is 22.6 Å². The standard InChI is InChI=1S/C18H18ClN3O2S2/c1-2-21(8-11-6-7-14(19)25-11)15(23)9-22-10-20-17-16(18(22)24)12-4-3-5-13(12)26-17/h6-7,10H,2-5,8-9H2,1H3. The molecule has 0 radical (unpaired) electrons. The van der Waals surface area contributed by atoms with Crippen molar-refractivity contribution in [2.24, 2.45) is 0 Å². The SMILES string of the molecule is CCN(Cc1ccc(Cl)s1)C(=O)Cn1cnc2sc3c(c2c1=O)CCC3. The molecule has 1 aliphatic carbocycles. The van der Waals surface area contributed by atoms with E-state index in [0.717, 1.165) is 34.5 Å². The Kier molecular flexibility index (Phi) is 4.86. The average Bonchev–Trinajstić information content (AvgIpc) is 3.30. The molecule has 5 nitrogen and oxygen atoms in total. The third-order valence-corrected chi connectivity index (χ3v) is 7.12. The van der Waals surface area contributed by atoms with Crippen LogP contribution in [0.25, 0.3) is 10.2 Å². The molecule has 3 aromatic rings. The Morgan fingerprint density at radius 2 is 2.19 bits per heavy atom. The van der Waals surface area contributed by atoms with Crippen LogP contribution in [0.2, 0.25) is 4.34 Å². The Morgan fingerprint density at radius 3 is 2.92 bits per heavy atom. The molecule has 0 bridgehead atoms. The van der Waals surface area contributed by atoms with E-state index in [9.17, 15) is 9.59 Å². The Balaban J connectivity index is 1.58. The summed E-state index contributed by atoms with van der Waals surface area (Å²) < 4.78 is 2.15. The minimum absolute atomic E-state index is 0.0132. The predicted octanol–water partition coefficient (Wildman–Crippen LogP) is 3.71. The van der Waals surface area contributed by atoms with Crippen molar-refractivity contribution in [2.45, 2.75) is 39.3 Å². The van der Waals surface area contributed by atoms with Crippen LogP contribution in [-0.4, -0.2) is 26.9 Å². The van der Waals surface area contributed by atoms with Crippen LogP contribution in [0.5, 0.6) is 0 Å². The maximum Gasteiger partial charge on any atom is 0.262 e. The van der Waals surface area contributed by atoms with Gasteiger partial charge in [-0.3, -0.25) is 14.2 Å². The Morgan fingerprint density at radius 1 is 1.35 bits per heavy atom. The molecule has 1 aliphatic rings. The number of hydrogen-bond acceptors (Lipinski definition) is 5. The van der Waals surface area contributed by atoms with E-state index in [0.29, 0.717) is 22.8 Å². The van der Waals surface area contributed by atoms with Crippen LogP contribution in [0.4, 0.5) is 0 Å². The number of fused-ring (bicyclic) bond motifs is 3. The highest BCUT2D eigenvalue weighted by molar-refractivity contribution is 7.18. The molecular formula is C18H18ClN3O2S2. The predicted molar refractivity (Wildman–Crippen MR) is 106 cm³/mol. The van der Waals surface area contributed by atoms with Crippen LogP contribution in [0.15, 0.2) is 23.3 Å². The van der Waals surface area contributed by atoms with Gasteiger partial charge in [0.15, 0.2) is 0 Å². The van der Waals surface area contributed by atoms with Gasteiger partial charge in [0.25, 0.3) is 5.56 Å². The normalized spacial score (nSPS) is 13.3. The molecular weight excluding hydrogens is 390 g/mol. The molecule has 3 heterocycles. The number of thiophene rings is 2. The number of carbonyl (C=O) groups is 1. The van der Waals surface area contributed by atoms with Gasteiger partial charge in [0.1, 0.15) is 11.4 Å². The Bertz CT molecular complexity index is 1040. The third kappa shape index (κ3) is 3.19. The van der Waals surface area contributed by atoms with Crippen molar-refractivity contribution in [3.63, 3.8) is 0 Å². The van der Waals surface area contributed by atoms with Gasteiger partial charge < -0.3 is 4.90 Å². The third-order valence-electron chi connectivity index (χ3n) is 4.71. The number of nitrogens with zero attached hydrogens (tertiary/aromatic N) is 3. The first kappa shape index (κ1) is 17.7. The largest absolute Gasteiger partial charge is 0.336 e. The summed E-state index contributed by atoms with van der Waals surface area (Å²) in [5.41, 5.74) is 1.04. The van der Waals surface area contributed by atoms with Crippen LogP contribution in [0.1, 0.15) is 28.7 Å². The van der Waals surface area contributed by atoms with Crippen LogP contribution in [-0.2, 0) is 30.7 Å². The minimum Gasteiger partial charge on any atom is -0.336 e. The van der Waals surface area contributed by atoms with Gasteiger partial charge in [-0.25, -0.2) is 4.98 Å². The van der Waals surface area contributed by atoms with Crippen LogP contribution in [0.3, 0.4) is 0 Å². The summed E-state index contributed by atoms with van der Waals surface area (Å²) in [7, 11) is 0. The van der Waals surface area contributed by atoms with Crippen molar-refractivity contribution in [3.05, 3.63) is 48.5 Å². The Hall–Kier alpha value is -1.70. The monoisotopic (exact) mass is 407 g/mol. The first-order chi connectivity index (χ1) is 12.6. The molecule has 3 aromatic heterocycles. The molecule has 0 N–H and O–H groups in total. The fraction of sp³-hybridized carbons (Fsp3) is 0.389. The van der Waals surface area contributed by atoms with Crippen molar-refractivity contribution >= 4 is 50.4 Å². The molecule has 0 atom stereocenters. The lowest BCUT2D eigenvalue weighted by Crippen LogP contribution is -2.36. The van der Waals surface area contributed by atoms with Crippen LogP contribution in [0, 0.1) is 0 Å². The summed E-state index contributed by atoms with van der Waals surface area (Å²) in [6.07, 6.45) is 4.56. The fourth-order valence-electron chi connectivity index (χ4n) is 3.38. The molecule has 0 aliphatic heterocycles. The molecule has 0 spiro atoms. The van der Waals surface area contributed by atoms with E-state index >= 15 is 0 Å². The summed E-state index contributed by atoms with van der Waals surface area (Å²) in [6.45, 7) is 3.03. The summed E-state index contributed by atoms with van der Waals surface area (Å²) in [6, 6.07) is 3.76. The van der Waals surface area contributed by atoms with Crippen molar-refractivity contribution in [3.8, 4) is 0 Å². The highest BCUT2D eigenvalue weighted by Gasteiger charge is 2.22. The number of carbonyl (C=O) groups excluding carboxylic acids is 1. The smallest absolute Gasteiger partial charge is 0.262 e. The van der Waals surface area contributed by atoms with Gasteiger partial charge in [-0.15, -0.1) is 22.7 Å². The van der Waals surface area contributed by atoms with Gasteiger partial charge >= 0.3 is 0 Å². The van der Waals surface area contributed by atoms with E-state index in [2.05, 4.69) is 4.98 Å². The van der Waals surface area contributed by atoms with Crippen molar-refractivity contribution < 1.29 is 4.79 Å². The minimum atomic E-state index is -0.0991. The number of hydrogen-bond donors (Lipinski definition) is 0.